The van der Waals surface area contributed by atoms with E-state index in [4.69, 9.17) is 4.98 Å². The number of nitrogens with zero attached hydrogens (tertiary/aromatic N) is 5. The van der Waals surface area contributed by atoms with Crippen LogP contribution >= 0.6 is 0 Å². The first-order valence-electron chi connectivity index (χ1n) is 11.4. The van der Waals surface area contributed by atoms with Crippen LogP contribution in [0.5, 0.6) is 0 Å². The molecule has 0 bridgehead atoms. The lowest BCUT2D eigenvalue weighted by Crippen LogP contribution is -2.35. The first kappa shape index (κ1) is 20.3. The molecule has 1 unspecified atom stereocenters. The van der Waals surface area contributed by atoms with E-state index in [-0.39, 0.29) is 11.9 Å². The summed E-state index contributed by atoms with van der Waals surface area (Å²) in [5, 5.41) is 5.38. The molecule has 0 radical (unpaired) electrons. The Balaban J connectivity index is 1.51. The molecule has 5 aromatic rings. The number of carbonyl (C=O) groups is 1. The number of carbonyl (C=O) groups excluding carboxylic acids is 1. The second-order valence-electron chi connectivity index (χ2n) is 8.67. The SMILES string of the molecule is CC1Cc2ccccc2N1C(=O)c1cc(-c2ccccc2)nc2c1cnn2Cc1ccncc1. The molecule has 6 nitrogen and oxygen atoms in total. The summed E-state index contributed by atoms with van der Waals surface area (Å²) in [5.41, 5.74) is 6.29. The minimum absolute atomic E-state index is 0.0227. The maximum absolute atomic E-state index is 14.0. The molecular weight excluding hydrogens is 422 g/mol. The predicted octanol–water partition coefficient (Wildman–Crippen LogP) is 5.13. The number of rotatable bonds is 4. The minimum atomic E-state index is -0.0227. The number of para-hydroxylation sites is 1. The van der Waals surface area contributed by atoms with Gasteiger partial charge in [0.1, 0.15) is 0 Å². The van der Waals surface area contributed by atoms with Crippen LogP contribution in [0.15, 0.2) is 91.4 Å². The molecule has 0 aliphatic carbocycles. The Morgan fingerprint density at radius 2 is 1.76 bits per heavy atom. The van der Waals surface area contributed by atoms with Gasteiger partial charge in [0.2, 0.25) is 0 Å². The van der Waals surface area contributed by atoms with Gasteiger partial charge in [0.25, 0.3) is 5.91 Å². The third kappa shape index (κ3) is 3.44. The number of hydrogen-bond acceptors (Lipinski definition) is 4. The fraction of sp³-hybridized carbons (Fsp3) is 0.143. The number of hydrogen-bond donors (Lipinski definition) is 0. The molecule has 1 aliphatic rings. The van der Waals surface area contributed by atoms with Gasteiger partial charge in [-0.25, -0.2) is 9.67 Å². The van der Waals surface area contributed by atoms with Crippen molar-refractivity contribution in [3.63, 3.8) is 0 Å². The van der Waals surface area contributed by atoms with E-state index in [0.29, 0.717) is 17.8 Å². The third-order valence-corrected chi connectivity index (χ3v) is 6.42. The van der Waals surface area contributed by atoms with E-state index < -0.39 is 0 Å². The molecule has 4 heterocycles. The Morgan fingerprint density at radius 1 is 1.00 bits per heavy atom. The number of benzene rings is 2. The van der Waals surface area contributed by atoms with Gasteiger partial charge in [0.05, 0.1) is 29.4 Å². The largest absolute Gasteiger partial charge is 0.305 e. The Hall–Kier alpha value is -4.32. The first-order valence-corrected chi connectivity index (χ1v) is 11.4. The quantitative estimate of drug-likeness (QED) is 0.385. The van der Waals surface area contributed by atoms with Crippen LogP contribution in [-0.2, 0) is 13.0 Å². The van der Waals surface area contributed by atoms with E-state index >= 15 is 0 Å². The van der Waals surface area contributed by atoms with Crippen molar-refractivity contribution in [3.05, 3.63) is 108 Å². The van der Waals surface area contributed by atoms with Crippen LogP contribution in [0, 0.1) is 0 Å². The van der Waals surface area contributed by atoms with Crippen LogP contribution in [0.2, 0.25) is 0 Å². The van der Waals surface area contributed by atoms with Gasteiger partial charge in [-0.05, 0) is 48.7 Å². The average Bonchev–Trinajstić information content (AvgIpc) is 3.44. The highest BCUT2D eigenvalue weighted by molar-refractivity contribution is 6.15. The fourth-order valence-electron chi connectivity index (χ4n) is 4.76. The summed E-state index contributed by atoms with van der Waals surface area (Å²) in [4.78, 5) is 25.0. The van der Waals surface area contributed by atoms with Crippen LogP contribution < -0.4 is 4.90 Å². The van der Waals surface area contributed by atoms with E-state index in [2.05, 4.69) is 23.1 Å². The van der Waals surface area contributed by atoms with Gasteiger partial charge in [-0.15, -0.1) is 0 Å². The number of amides is 1. The smallest absolute Gasteiger partial charge is 0.259 e. The monoisotopic (exact) mass is 445 g/mol. The standard InChI is InChI=1S/C28H23N5O/c1-19-15-22-9-5-6-10-26(22)33(19)28(34)23-16-25(21-7-3-2-4-8-21)31-27-24(23)17-30-32(27)18-20-11-13-29-14-12-20/h2-14,16-17,19H,15,18H2,1H3. The van der Waals surface area contributed by atoms with Gasteiger partial charge in [-0.3, -0.25) is 9.78 Å². The Kier molecular flexibility index (Phi) is 4.91. The highest BCUT2D eigenvalue weighted by Crippen LogP contribution is 2.35. The van der Waals surface area contributed by atoms with Crippen molar-refractivity contribution in [3.8, 4) is 11.3 Å². The molecule has 166 valence electrons. The summed E-state index contributed by atoms with van der Waals surface area (Å²) in [6.45, 7) is 2.65. The van der Waals surface area contributed by atoms with Crippen molar-refractivity contribution in [2.24, 2.45) is 0 Å². The topological polar surface area (TPSA) is 63.9 Å². The lowest BCUT2D eigenvalue weighted by Gasteiger charge is -2.23. The molecule has 2 aromatic carbocycles. The first-order chi connectivity index (χ1) is 16.7. The second kappa shape index (κ2) is 8.23. The maximum atomic E-state index is 14.0. The summed E-state index contributed by atoms with van der Waals surface area (Å²) in [6, 6.07) is 24.0. The van der Waals surface area contributed by atoms with Crippen molar-refractivity contribution in [2.45, 2.75) is 25.9 Å². The Labute approximate surface area is 197 Å². The molecule has 1 aliphatic heterocycles. The minimum Gasteiger partial charge on any atom is -0.305 e. The lowest BCUT2D eigenvalue weighted by molar-refractivity contribution is 0.0983. The van der Waals surface area contributed by atoms with Crippen LogP contribution in [0.4, 0.5) is 5.69 Å². The molecule has 6 heteroatoms. The highest BCUT2D eigenvalue weighted by Gasteiger charge is 2.32. The molecule has 0 N–H and O–H groups in total. The third-order valence-electron chi connectivity index (χ3n) is 6.42. The van der Waals surface area contributed by atoms with Gasteiger partial charge in [0, 0.05) is 29.7 Å². The van der Waals surface area contributed by atoms with E-state index in [9.17, 15) is 4.79 Å². The zero-order chi connectivity index (χ0) is 23.1. The normalized spacial score (nSPS) is 15.0. The number of pyridine rings is 2. The Morgan fingerprint density at radius 3 is 2.59 bits per heavy atom. The molecule has 6 rings (SSSR count). The van der Waals surface area contributed by atoms with Crippen molar-refractivity contribution < 1.29 is 4.79 Å². The van der Waals surface area contributed by atoms with Gasteiger partial charge in [-0.1, -0.05) is 48.5 Å². The lowest BCUT2D eigenvalue weighted by atomic mass is 10.1. The maximum Gasteiger partial charge on any atom is 0.259 e. The summed E-state index contributed by atoms with van der Waals surface area (Å²) >= 11 is 0. The van der Waals surface area contributed by atoms with E-state index in [1.807, 2.05) is 76.3 Å². The summed E-state index contributed by atoms with van der Waals surface area (Å²) < 4.78 is 1.86. The molecular formula is C28H23N5O. The highest BCUT2D eigenvalue weighted by atomic mass is 16.2. The number of fused-ring (bicyclic) bond motifs is 2. The fourth-order valence-corrected chi connectivity index (χ4v) is 4.76. The number of anilines is 1. The van der Waals surface area contributed by atoms with Gasteiger partial charge < -0.3 is 4.90 Å². The molecule has 3 aromatic heterocycles. The van der Waals surface area contributed by atoms with Crippen molar-refractivity contribution in [2.75, 3.05) is 4.90 Å². The molecule has 0 saturated heterocycles. The molecule has 0 fully saturated rings. The van der Waals surface area contributed by atoms with E-state index in [1.54, 1.807) is 18.6 Å². The molecule has 0 saturated carbocycles. The predicted molar refractivity (Wildman–Crippen MR) is 133 cm³/mol. The van der Waals surface area contributed by atoms with Gasteiger partial charge in [0.15, 0.2) is 5.65 Å². The van der Waals surface area contributed by atoms with E-state index in [0.717, 1.165) is 34.3 Å². The second-order valence-corrected chi connectivity index (χ2v) is 8.67. The van der Waals surface area contributed by atoms with Crippen molar-refractivity contribution >= 4 is 22.6 Å². The van der Waals surface area contributed by atoms with Crippen LogP contribution in [-0.4, -0.2) is 31.7 Å². The summed E-state index contributed by atoms with van der Waals surface area (Å²) in [7, 11) is 0. The summed E-state index contributed by atoms with van der Waals surface area (Å²) in [5.74, 6) is -0.0227. The van der Waals surface area contributed by atoms with Crippen LogP contribution in [0.1, 0.15) is 28.4 Å². The zero-order valence-corrected chi connectivity index (χ0v) is 18.8. The molecule has 34 heavy (non-hydrogen) atoms. The molecule has 1 amide bonds. The van der Waals surface area contributed by atoms with Crippen LogP contribution in [0.25, 0.3) is 22.3 Å². The zero-order valence-electron chi connectivity index (χ0n) is 18.8. The number of aromatic nitrogens is 4. The summed E-state index contributed by atoms with van der Waals surface area (Å²) in [6.07, 6.45) is 6.15. The molecule has 1 atom stereocenters. The van der Waals surface area contributed by atoms with E-state index in [1.165, 1.54) is 5.56 Å². The van der Waals surface area contributed by atoms with Crippen molar-refractivity contribution in [1.29, 1.82) is 0 Å². The van der Waals surface area contributed by atoms with Crippen LogP contribution in [0.3, 0.4) is 0 Å². The van der Waals surface area contributed by atoms with Gasteiger partial charge >= 0.3 is 0 Å². The molecule has 0 spiro atoms. The Bertz CT molecular complexity index is 1490. The average molecular weight is 446 g/mol. The van der Waals surface area contributed by atoms with Crippen molar-refractivity contribution in [1.82, 2.24) is 19.7 Å². The van der Waals surface area contributed by atoms with Gasteiger partial charge in [-0.2, -0.15) is 5.10 Å².